The van der Waals surface area contributed by atoms with E-state index in [0.29, 0.717) is 42.6 Å². The van der Waals surface area contributed by atoms with E-state index in [2.05, 4.69) is 16.4 Å². The number of unbranched alkanes of at least 4 members (excludes halogenated alkanes) is 1. The molecule has 0 atom stereocenters. The van der Waals surface area contributed by atoms with Crippen molar-refractivity contribution < 1.29 is 14.3 Å². The molecule has 2 heterocycles. The molecule has 1 amide bonds. The second kappa shape index (κ2) is 9.58. The Morgan fingerprint density at radius 2 is 2.32 bits per heavy atom. The first kappa shape index (κ1) is 19.5. The van der Waals surface area contributed by atoms with Gasteiger partial charge in [0.05, 0.1) is 12.7 Å². The van der Waals surface area contributed by atoms with Crippen LogP contribution in [0.3, 0.4) is 0 Å². The highest BCUT2D eigenvalue weighted by atomic mass is 35.5. The fourth-order valence-corrected chi connectivity index (χ4v) is 2.72. The number of benzene rings is 1. The summed E-state index contributed by atoms with van der Waals surface area (Å²) in [7, 11) is 0. The van der Waals surface area contributed by atoms with Crippen LogP contribution >= 0.6 is 11.6 Å². The lowest BCUT2D eigenvalue weighted by molar-refractivity contribution is -0.111. The average molecular weight is 396 g/mol. The molecule has 7 heteroatoms. The van der Waals surface area contributed by atoms with Gasteiger partial charge < -0.3 is 14.8 Å². The van der Waals surface area contributed by atoms with Crippen LogP contribution in [0.25, 0.3) is 6.08 Å². The summed E-state index contributed by atoms with van der Waals surface area (Å²) in [6.45, 7) is 0.749. The van der Waals surface area contributed by atoms with Crippen LogP contribution in [0.2, 0.25) is 5.02 Å². The third-order valence-electron chi connectivity index (χ3n) is 3.86. The average Bonchev–Trinajstić information content (AvgIpc) is 2.70. The Morgan fingerprint density at radius 3 is 3.18 bits per heavy atom. The lowest BCUT2D eigenvalue weighted by Crippen LogP contribution is -2.12. The molecule has 0 aliphatic carbocycles. The van der Waals surface area contributed by atoms with E-state index in [0.717, 1.165) is 16.9 Å². The maximum Gasteiger partial charge on any atom is 0.249 e. The number of fused-ring (bicyclic) bond motifs is 1. The van der Waals surface area contributed by atoms with Crippen molar-refractivity contribution in [3.8, 4) is 17.6 Å². The number of nitrogens with one attached hydrogen (secondary N) is 1. The number of carbonyl (C=O) groups excluding carboxylic acids is 1. The highest BCUT2D eigenvalue weighted by Crippen LogP contribution is 2.29. The second-order valence-electron chi connectivity index (χ2n) is 5.97. The molecule has 142 valence electrons. The van der Waals surface area contributed by atoms with E-state index < -0.39 is 0 Å². The van der Waals surface area contributed by atoms with E-state index in [4.69, 9.17) is 26.3 Å². The first-order valence-corrected chi connectivity index (χ1v) is 9.10. The number of hydrogen-bond acceptors (Lipinski definition) is 5. The normalized spacial score (nSPS) is 12.5. The van der Waals surface area contributed by atoms with Crippen LogP contribution < -0.4 is 14.8 Å². The number of anilines is 1. The number of pyridine rings is 1. The zero-order valence-electron chi connectivity index (χ0n) is 15.0. The van der Waals surface area contributed by atoms with Crippen molar-refractivity contribution in [2.75, 3.05) is 18.5 Å². The molecule has 0 saturated carbocycles. The highest BCUT2D eigenvalue weighted by Gasteiger charge is 2.11. The van der Waals surface area contributed by atoms with Crippen LogP contribution in [0.15, 0.2) is 54.3 Å². The Balaban J connectivity index is 1.62. The summed E-state index contributed by atoms with van der Waals surface area (Å²) < 4.78 is 11.2. The summed E-state index contributed by atoms with van der Waals surface area (Å²) in [6.07, 6.45) is 7.63. The molecule has 0 spiro atoms. The SMILES string of the molecule is N#CCCCOc1cccnc1NC(=O)C=CC1=Cc2cc(Cl)ccc2OC1. The summed E-state index contributed by atoms with van der Waals surface area (Å²) in [5.74, 6) is 1.22. The molecule has 0 fully saturated rings. The number of carbonyl (C=O) groups is 1. The maximum atomic E-state index is 12.3. The van der Waals surface area contributed by atoms with Crippen molar-refractivity contribution in [2.45, 2.75) is 12.8 Å². The quantitative estimate of drug-likeness (QED) is 0.555. The zero-order valence-corrected chi connectivity index (χ0v) is 15.8. The molecule has 0 bridgehead atoms. The molecule has 0 radical (unpaired) electrons. The van der Waals surface area contributed by atoms with Crippen molar-refractivity contribution in [3.05, 3.63) is 64.8 Å². The highest BCUT2D eigenvalue weighted by molar-refractivity contribution is 6.30. The van der Waals surface area contributed by atoms with Crippen LogP contribution in [0.5, 0.6) is 11.5 Å². The van der Waals surface area contributed by atoms with E-state index in [1.165, 1.54) is 6.08 Å². The molecule has 6 nitrogen and oxygen atoms in total. The van der Waals surface area contributed by atoms with Gasteiger partial charge in [-0.1, -0.05) is 17.7 Å². The number of nitriles is 1. The van der Waals surface area contributed by atoms with Crippen LogP contribution in [0, 0.1) is 11.3 Å². The Kier molecular flexibility index (Phi) is 6.66. The van der Waals surface area contributed by atoms with Crippen LogP contribution in [-0.4, -0.2) is 24.1 Å². The third kappa shape index (κ3) is 5.35. The van der Waals surface area contributed by atoms with Gasteiger partial charge in [0.2, 0.25) is 5.91 Å². The van der Waals surface area contributed by atoms with Crippen LogP contribution in [0.4, 0.5) is 5.82 Å². The molecule has 2 aromatic rings. The standard InChI is InChI=1S/C21H18ClN3O3/c22-17-6-7-18-16(13-17)12-15(14-28-18)5-8-20(26)25-21-19(4-3-10-24-21)27-11-2-1-9-23/h3-8,10,12-13H,1-2,11,14H2,(H,24,25,26). The molecule has 1 aromatic carbocycles. The van der Waals surface area contributed by atoms with E-state index in [1.807, 2.05) is 18.2 Å². The molecule has 1 N–H and O–H groups in total. The summed E-state index contributed by atoms with van der Waals surface area (Å²) in [4.78, 5) is 16.4. The minimum Gasteiger partial charge on any atom is -0.490 e. The van der Waals surface area contributed by atoms with E-state index in [1.54, 1.807) is 30.5 Å². The topological polar surface area (TPSA) is 84.2 Å². The summed E-state index contributed by atoms with van der Waals surface area (Å²) in [5.41, 5.74) is 1.72. The summed E-state index contributed by atoms with van der Waals surface area (Å²) in [6, 6.07) is 10.9. The largest absolute Gasteiger partial charge is 0.490 e. The first-order chi connectivity index (χ1) is 13.7. The molecule has 0 unspecified atom stereocenters. The molecular weight excluding hydrogens is 378 g/mol. The number of aromatic nitrogens is 1. The van der Waals surface area contributed by atoms with E-state index in [-0.39, 0.29) is 5.91 Å². The number of hydrogen-bond donors (Lipinski definition) is 1. The fourth-order valence-electron chi connectivity index (χ4n) is 2.54. The Labute approximate surface area is 168 Å². The van der Waals surface area contributed by atoms with Gasteiger partial charge in [-0.15, -0.1) is 0 Å². The van der Waals surface area contributed by atoms with Gasteiger partial charge in [-0.3, -0.25) is 4.79 Å². The maximum absolute atomic E-state index is 12.3. The fraction of sp³-hybridized carbons (Fsp3) is 0.190. The predicted octanol–water partition coefficient (Wildman–Crippen LogP) is 4.39. The summed E-state index contributed by atoms with van der Waals surface area (Å²) >= 11 is 6.01. The van der Waals surface area contributed by atoms with E-state index in [9.17, 15) is 4.79 Å². The minimum atomic E-state index is -0.335. The molecular formula is C21H18ClN3O3. The molecule has 28 heavy (non-hydrogen) atoms. The van der Waals surface area contributed by atoms with Crippen molar-refractivity contribution in [1.29, 1.82) is 5.26 Å². The van der Waals surface area contributed by atoms with Gasteiger partial charge in [-0.25, -0.2) is 4.98 Å². The van der Waals surface area contributed by atoms with Gasteiger partial charge in [-0.2, -0.15) is 5.26 Å². The Bertz CT molecular complexity index is 964. The zero-order chi connectivity index (χ0) is 19.8. The van der Waals surface area contributed by atoms with Gasteiger partial charge in [0.25, 0.3) is 0 Å². The van der Waals surface area contributed by atoms with Gasteiger partial charge in [0.1, 0.15) is 12.4 Å². The van der Waals surface area contributed by atoms with Crippen molar-refractivity contribution >= 4 is 29.4 Å². The lowest BCUT2D eigenvalue weighted by Gasteiger charge is -2.16. The second-order valence-corrected chi connectivity index (χ2v) is 6.41. The monoisotopic (exact) mass is 395 g/mol. The first-order valence-electron chi connectivity index (χ1n) is 8.72. The van der Waals surface area contributed by atoms with Crippen molar-refractivity contribution in [3.63, 3.8) is 0 Å². The lowest BCUT2D eigenvalue weighted by atomic mass is 10.1. The number of halogens is 1. The van der Waals surface area contributed by atoms with Gasteiger partial charge in [0, 0.05) is 29.3 Å². The number of rotatable bonds is 7. The smallest absolute Gasteiger partial charge is 0.249 e. The Morgan fingerprint density at radius 1 is 1.43 bits per heavy atom. The molecule has 3 rings (SSSR count). The Hall–Kier alpha value is -3.30. The molecule has 1 aliphatic heterocycles. The van der Waals surface area contributed by atoms with Crippen LogP contribution in [0.1, 0.15) is 18.4 Å². The third-order valence-corrected chi connectivity index (χ3v) is 4.09. The van der Waals surface area contributed by atoms with Crippen molar-refractivity contribution in [2.24, 2.45) is 0 Å². The summed E-state index contributed by atoms with van der Waals surface area (Å²) in [5, 5.41) is 11.9. The molecule has 0 saturated heterocycles. The number of nitrogens with zero attached hydrogens (tertiary/aromatic N) is 2. The van der Waals surface area contributed by atoms with Crippen LogP contribution in [-0.2, 0) is 4.79 Å². The predicted molar refractivity (Wildman–Crippen MR) is 107 cm³/mol. The van der Waals surface area contributed by atoms with Gasteiger partial charge in [-0.05, 0) is 48.4 Å². The van der Waals surface area contributed by atoms with Gasteiger partial charge >= 0.3 is 0 Å². The molecule has 1 aromatic heterocycles. The van der Waals surface area contributed by atoms with Gasteiger partial charge in [0.15, 0.2) is 11.6 Å². The van der Waals surface area contributed by atoms with Crippen molar-refractivity contribution in [1.82, 2.24) is 4.98 Å². The van der Waals surface area contributed by atoms with E-state index >= 15 is 0 Å². The molecule has 1 aliphatic rings. The number of ether oxygens (including phenoxy) is 2. The minimum absolute atomic E-state index is 0.333. The number of amides is 1.